The molecule has 2 heterocycles. The van der Waals surface area contributed by atoms with Gasteiger partial charge in [0.05, 0.1) is 5.02 Å². The summed E-state index contributed by atoms with van der Waals surface area (Å²) in [5.74, 6) is 1.15. The molecule has 2 aromatic heterocycles. The zero-order valence-corrected chi connectivity index (χ0v) is 12.9. The van der Waals surface area contributed by atoms with Crippen LogP contribution in [0.2, 0.25) is 5.02 Å². The van der Waals surface area contributed by atoms with Crippen LogP contribution in [0.15, 0.2) is 16.8 Å². The van der Waals surface area contributed by atoms with E-state index >= 15 is 0 Å². The highest BCUT2D eigenvalue weighted by atomic mass is 35.5. The lowest BCUT2D eigenvalue weighted by molar-refractivity contribution is 0.0877. The summed E-state index contributed by atoms with van der Waals surface area (Å²) < 4.78 is 6.77. The second kappa shape index (κ2) is 4.87. The molecule has 1 amide bonds. The van der Waals surface area contributed by atoms with Crippen LogP contribution in [-0.4, -0.2) is 20.6 Å². The van der Waals surface area contributed by atoms with E-state index in [9.17, 15) is 4.79 Å². The minimum atomic E-state index is -0.619. The normalized spacial score (nSPS) is 17.5. The molecule has 21 heavy (non-hydrogen) atoms. The number of aryl methyl sites for hydroxylation is 2. The van der Waals surface area contributed by atoms with Gasteiger partial charge in [-0.15, -0.1) is 0 Å². The highest BCUT2D eigenvalue weighted by Crippen LogP contribution is 2.44. The van der Waals surface area contributed by atoms with Crippen LogP contribution < -0.4 is 5.32 Å². The molecule has 0 aromatic carbocycles. The number of carbonyl (C=O) groups is 1. The predicted octanol–water partition coefficient (Wildman–Crippen LogP) is 2.43. The Morgan fingerprint density at radius 3 is 2.76 bits per heavy atom. The molecule has 2 aromatic rings. The molecule has 1 atom stereocenters. The number of amides is 1. The van der Waals surface area contributed by atoms with Gasteiger partial charge in [0.1, 0.15) is 11.2 Å². The second-order valence-electron chi connectivity index (χ2n) is 5.72. The maximum atomic E-state index is 12.5. The van der Waals surface area contributed by atoms with Crippen LogP contribution in [0.5, 0.6) is 0 Å². The van der Waals surface area contributed by atoms with Crippen LogP contribution in [0, 0.1) is 12.8 Å². The molecule has 1 unspecified atom stereocenters. The number of carbonyl (C=O) groups excluding carboxylic acids is 1. The first-order valence-electron chi connectivity index (χ1n) is 6.85. The smallest absolute Gasteiger partial charge is 0.268 e. The molecule has 0 aliphatic heterocycles. The molecule has 1 saturated carbocycles. The molecule has 1 N–H and O–H groups in total. The fourth-order valence-corrected chi connectivity index (χ4v) is 2.81. The average molecular weight is 309 g/mol. The first-order valence-corrected chi connectivity index (χ1v) is 7.23. The van der Waals surface area contributed by atoms with Gasteiger partial charge in [0.2, 0.25) is 5.89 Å². The highest BCUT2D eigenvalue weighted by Gasteiger charge is 2.47. The summed E-state index contributed by atoms with van der Waals surface area (Å²) in [5.41, 5.74) is -0.113. The van der Waals surface area contributed by atoms with E-state index in [1.165, 1.54) is 0 Å². The Kier molecular flexibility index (Phi) is 3.28. The third-order valence-corrected chi connectivity index (χ3v) is 4.17. The molecular formula is C14H17ClN4O2. The lowest BCUT2D eigenvalue weighted by Crippen LogP contribution is -2.46. The van der Waals surface area contributed by atoms with Gasteiger partial charge in [-0.25, -0.2) is 0 Å². The Morgan fingerprint density at radius 2 is 2.29 bits per heavy atom. The summed E-state index contributed by atoms with van der Waals surface area (Å²) >= 11 is 5.94. The fourth-order valence-electron chi connectivity index (χ4n) is 2.56. The Morgan fingerprint density at radius 1 is 1.57 bits per heavy atom. The van der Waals surface area contributed by atoms with Gasteiger partial charge in [0.25, 0.3) is 5.91 Å². The predicted molar refractivity (Wildman–Crippen MR) is 77.0 cm³/mol. The molecule has 3 rings (SSSR count). The van der Waals surface area contributed by atoms with E-state index in [0.29, 0.717) is 28.3 Å². The number of halogens is 1. The van der Waals surface area contributed by atoms with Gasteiger partial charge in [-0.05, 0) is 31.7 Å². The van der Waals surface area contributed by atoms with Gasteiger partial charge >= 0.3 is 0 Å². The molecule has 1 fully saturated rings. The van der Waals surface area contributed by atoms with E-state index < -0.39 is 5.54 Å². The summed E-state index contributed by atoms with van der Waals surface area (Å²) in [7, 11) is 1.79. The van der Waals surface area contributed by atoms with Crippen LogP contribution in [0.1, 0.15) is 42.0 Å². The van der Waals surface area contributed by atoms with E-state index in [2.05, 4.69) is 15.5 Å². The van der Waals surface area contributed by atoms with Crippen molar-refractivity contribution >= 4 is 17.5 Å². The summed E-state index contributed by atoms with van der Waals surface area (Å²) in [6.07, 6.45) is 3.78. The van der Waals surface area contributed by atoms with E-state index in [0.717, 1.165) is 12.8 Å². The van der Waals surface area contributed by atoms with Crippen molar-refractivity contribution in [2.75, 3.05) is 0 Å². The summed E-state index contributed by atoms with van der Waals surface area (Å²) in [6, 6.07) is 1.64. The monoisotopic (exact) mass is 308 g/mol. The molecule has 0 spiro atoms. The minimum absolute atomic E-state index is 0.193. The van der Waals surface area contributed by atoms with Crippen molar-refractivity contribution in [1.82, 2.24) is 20.0 Å². The molecule has 0 bridgehead atoms. The Bertz CT molecular complexity index is 689. The first-order chi connectivity index (χ1) is 9.90. The number of nitrogens with zero attached hydrogens (tertiary/aromatic N) is 3. The van der Waals surface area contributed by atoms with Crippen molar-refractivity contribution in [3.05, 3.63) is 34.7 Å². The van der Waals surface area contributed by atoms with Gasteiger partial charge in [-0.3, -0.25) is 4.79 Å². The zero-order valence-electron chi connectivity index (χ0n) is 12.2. The number of aromatic nitrogens is 3. The maximum absolute atomic E-state index is 12.5. The number of nitrogens with one attached hydrogen (secondary N) is 1. The minimum Gasteiger partial charge on any atom is -0.345 e. The van der Waals surface area contributed by atoms with Crippen molar-refractivity contribution in [2.24, 2.45) is 13.0 Å². The second-order valence-corrected chi connectivity index (χ2v) is 6.16. The molecule has 0 saturated heterocycles. The quantitative estimate of drug-likeness (QED) is 0.941. The van der Waals surface area contributed by atoms with Crippen LogP contribution in [0.25, 0.3) is 0 Å². The molecular weight excluding hydrogens is 292 g/mol. The average Bonchev–Trinajstić information content (AvgIpc) is 3.10. The SMILES string of the molecule is Cc1nc(C(C)(NC(=O)c2cc(Cl)cn2C)C2CC2)no1. The van der Waals surface area contributed by atoms with Gasteiger partial charge in [-0.2, -0.15) is 4.98 Å². The Hall–Kier alpha value is -1.82. The van der Waals surface area contributed by atoms with Crippen molar-refractivity contribution in [2.45, 2.75) is 32.2 Å². The highest BCUT2D eigenvalue weighted by molar-refractivity contribution is 6.31. The van der Waals surface area contributed by atoms with E-state index in [4.69, 9.17) is 16.1 Å². The van der Waals surface area contributed by atoms with Gasteiger partial charge in [0, 0.05) is 20.2 Å². The molecule has 1 aliphatic carbocycles. The van der Waals surface area contributed by atoms with Crippen molar-refractivity contribution < 1.29 is 9.32 Å². The lowest BCUT2D eigenvalue weighted by atomic mass is 9.94. The molecule has 0 radical (unpaired) electrons. The third kappa shape index (κ3) is 2.55. The molecule has 112 valence electrons. The van der Waals surface area contributed by atoms with Crippen LogP contribution in [0.4, 0.5) is 0 Å². The number of hydrogen-bond donors (Lipinski definition) is 1. The van der Waals surface area contributed by atoms with E-state index in [1.807, 2.05) is 6.92 Å². The standard InChI is InChI=1S/C14H17ClN4O2/c1-8-16-13(18-21-8)14(2,9-4-5-9)17-12(20)11-6-10(15)7-19(11)3/h6-7,9H,4-5H2,1-3H3,(H,17,20). The van der Waals surface area contributed by atoms with Crippen LogP contribution >= 0.6 is 11.6 Å². The lowest BCUT2D eigenvalue weighted by Gasteiger charge is -2.27. The molecule has 1 aliphatic rings. The largest absolute Gasteiger partial charge is 0.345 e. The Balaban J connectivity index is 1.89. The van der Waals surface area contributed by atoms with Gasteiger partial charge < -0.3 is 14.4 Å². The topological polar surface area (TPSA) is 73.0 Å². The Labute approximate surface area is 127 Å². The van der Waals surface area contributed by atoms with E-state index in [1.54, 1.807) is 30.8 Å². The molecule has 6 nitrogen and oxygen atoms in total. The number of rotatable bonds is 4. The summed E-state index contributed by atoms with van der Waals surface area (Å²) in [6.45, 7) is 3.68. The van der Waals surface area contributed by atoms with Crippen molar-refractivity contribution in [1.29, 1.82) is 0 Å². The van der Waals surface area contributed by atoms with Gasteiger partial charge in [0.15, 0.2) is 5.82 Å². The first kappa shape index (κ1) is 14.1. The van der Waals surface area contributed by atoms with E-state index in [-0.39, 0.29) is 5.91 Å². The third-order valence-electron chi connectivity index (χ3n) is 3.96. The fraction of sp³-hybridized carbons (Fsp3) is 0.500. The van der Waals surface area contributed by atoms with Crippen molar-refractivity contribution in [3.63, 3.8) is 0 Å². The van der Waals surface area contributed by atoms with Crippen molar-refractivity contribution in [3.8, 4) is 0 Å². The maximum Gasteiger partial charge on any atom is 0.268 e. The molecule has 7 heteroatoms. The summed E-state index contributed by atoms with van der Waals surface area (Å²) in [4.78, 5) is 16.8. The van der Waals surface area contributed by atoms with Gasteiger partial charge in [-0.1, -0.05) is 16.8 Å². The summed E-state index contributed by atoms with van der Waals surface area (Å²) in [5, 5.41) is 7.58. The number of hydrogen-bond acceptors (Lipinski definition) is 4. The van der Waals surface area contributed by atoms with Crippen LogP contribution in [-0.2, 0) is 12.6 Å². The zero-order chi connectivity index (χ0) is 15.2. The van der Waals surface area contributed by atoms with Crippen LogP contribution in [0.3, 0.4) is 0 Å².